The van der Waals surface area contributed by atoms with Crippen molar-refractivity contribution in [2.24, 2.45) is 0 Å². The van der Waals surface area contributed by atoms with Crippen LogP contribution in [0, 0.1) is 6.92 Å². The van der Waals surface area contributed by atoms with Gasteiger partial charge in [0.1, 0.15) is 17.3 Å². The monoisotopic (exact) mass is 351 g/mol. The van der Waals surface area contributed by atoms with Gasteiger partial charge in [-0.15, -0.1) is 0 Å². The maximum Gasteiger partial charge on any atom is 0.356 e. The van der Waals surface area contributed by atoms with E-state index in [1.807, 2.05) is 0 Å². The first-order valence-corrected chi connectivity index (χ1v) is 7.52. The number of carboxylic acid groups (broad SMARTS) is 1. The van der Waals surface area contributed by atoms with Gasteiger partial charge in [0.25, 0.3) is 0 Å². The molecule has 0 spiro atoms. The molecule has 130 valence electrons. The number of nitrogen functional groups attached to an aromatic ring is 1. The fourth-order valence-corrected chi connectivity index (χ4v) is 2.53. The van der Waals surface area contributed by atoms with E-state index < -0.39 is 5.97 Å². The molecule has 11 nitrogen and oxygen atoms in total. The summed E-state index contributed by atoms with van der Waals surface area (Å²) in [6.07, 6.45) is 2.90. The number of anilines is 3. The van der Waals surface area contributed by atoms with E-state index >= 15 is 0 Å². The molecule has 0 radical (unpaired) electrons. The van der Waals surface area contributed by atoms with Gasteiger partial charge in [-0.05, 0) is 19.1 Å². The van der Waals surface area contributed by atoms with Crippen molar-refractivity contribution in [2.75, 3.05) is 11.1 Å². The van der Waals surface area contributed by atoms with Crippen LogP contribution >= 0.6 is 0 Å². The Morgan fingerprint density at radius 3 is 2.88 bits per heavy atom. The lowest BCUT2D eigenvalue weighted by atomic mass is 10.3. The predicted octanol–water partition coefficient (Wildman–Crippen LogP) is 1.24. The number of aryl methyl sites for hydroxylation is 1. The van der Waals surface area contributed by atoms with Gasteiger partial charge in [-0.1, -0.05) is 0 Å². The standard InChI is InChI=1S/C15H13N9O2/c1-7-19-8(5-10(16)20-7)12-13(22-11-3-2-4-18-24(11)12)23-15-17-6-9(21-15)14(25)26/h2-6H,1H3,(H,25,26)(H2,16,19,20)(H2,17,21,23). The van der Waals surface area contributed by atoms with Crippen LogP contribution in [0.25, 0.3) is 17.0 Å². The van der Waals surface area contributed by atoms with E-state index in [0.29, 0.717) is 34.5 Å². The second-order valence-corrected chi connectivity index (χ2v) is 5.39. The molecule has 4 aromatic heterocycles. The third kappa shape index (κ3) is 2.66. The van der Waals surface area contributed by atoms with Gasteiger partial charge in [-0.3, -0.25) is 0 Å². The fourth-order valence-electron chi connectivity index (χ4n) is 2.53. The van der Waals surface area contributed by atoms with Crippen molar-refractivity contribution in [3.05, 3.63) is 42.1 Å². The van der Waals surface area contributed by atoms with Crippen LogP contribution in [0.3, 0.4) is 0 Å². The van der Waals surface area contributed by atoms with Gasteiger partial charge in [0.2, 0.25) is 5.95 Å². The maximum atomic E-state index is 11.0. The molecule has 0 aliphatic heterocycles. The Morgan fingerprint density at radius 1 is 1.31 bits per heavy atom. The largest absolute Gasteiger partial charge is 0.476 e. The molecule has 4 heterocycles. The molecule has 0 aromatic carbocycles. The molecule has 0 bridgehead atoms. The fraction of sp³-hybridized carbons (Fsp3) is 0.0667. The summed E-state index contributed by atoms with van der Waals surface area (Å²) >= 11 is 0. The van der Waals surface area contributed by atoms with Crippen molar-refractivity contribution in [2.45, 2.75) is 6.92 Å². The van der Waals surface area contributed by atoms with Crippen molar-refractivity contribution in [3.8, 4) is 11.4 Å². The number of nitrogens with one attached hydrogen (secondary N) is 2. The summed E-state index contributed by atoms with van der Waals surface area (Å²) in [5, 5.41) is 16.3. The summed E-state index contributed by atoms with van der Waals surface area (Å²) in [5.74, 6) is 0.308. The van der Waals surface area contributed by atoms with E-state index in [1.54, 1.807) is 35.8 Å². The van der Waals surface area contributed by atoms with Crippen molar-refractivity contribution in [1.29, 1.82) is 0 Å². The van der Waals surface area contributed by atoms with Crippen LogP contribution in [-0.4, -0.2) is 45.6 Å². The predicted molar refractivity (Wildman–Crippen MR) is 92.0 cm³/mol. The number of aromatic nitrogens is 7. The number of hydrogen-bond donors (Lipinski definition) is 4. The smallest absolute Gasteiger partial charge is 0.356 e. The molecule has 0 fully saturated rings. The van der Waals surface area contributed by atoms with Gasteiger partial charge < -0.3 is 21.1 Å². The highest BCUT2D eigenvalue weighted by Crippen LogP contribution is 2.29. The number of carbonyl (C=O) groups is 1. The zero-order chi connectivity index (χ0) is 18.3. The number of aromatic carboxylic acids is 1. The maximum absolute atomic E-state index is 11.0. The Kier molecular flexibility index (Phi) is 3.46. The Hall–Kier alpha value is -4.02. The molecule has 0 saturated heterocycles. The number of nitrogens with two attached hydrogens (primary N) is 1. The van der Waals surface area contributed by atoms with Gasteiger partial charge in [0.05, 0.1) is 5.69 Å². The molecule has 0 amide bonds. The Balaban J connectivity index is 1.87. The lowest BCUT2D eigenvalue weighted by Crippen LogP contribution is -2.02. The van der Waals surface area contributed by atoms with Crippen molar-refractivity contribution in [1.82, 2.24) is 34.5 Å². The first-order chi connectivity index (χ1) is 12.5. The second-order valence-electron chi connectivity index (χ2n) is 5.39. The third-order valence-electron chi connectivity index (χ3n) is 3.53. The molecule has 26 heavy (non-hydrogen) atoms. The lowest BCUT2D eigenvalue weighted by Gasteiger charge is -2.06. The van der Waals surface area contributed by atoms with E-state index in [2.05, 4.69) is 35.3 Å². The number of carboxylic acids is 1. The number of fused-ring (bicyclic) bond motifs is 1. The van der Waals surface area contributed by atoms with Gasteiger partial charge in [0, 0.05) is 18.5 Å². The van der Waals surface area contributed by atoms with Crippen LogP contribution in [0.1, 0.15) is 16.3 Å². The average Bonchev–Trinajstić information content (AvgIpc) is 3.18. The summed E-state index contributed by atoms with van der Waals surface area (Å²) in [6, 6.07) is 5.15. The summed E-state index contributed by atoms with van der Waals surface area (Å²) in [7, 11) is 0. The van der Waals surface area contributed by atoms with E-state index in [1.165, 1.54) is 6.20 Å². The second kappa shape index (κ2) is 5.81. The SMILES string of the molecule is Cc1nc(N)cc(-c2c(Nc3nc(C(=O)O)c[nH]3)nc3cccnn23)n1. The van der Waals surface area contributed by atoms with Crippen LogP contribution in [0.5, 0.6) is 0 Å². The van der Waals surface area contributed by atoms with Gasteiger partial charge >= 0.3 is 5.97 Å². The van der Waals surface area contributed by atoms with Crippen LogP contribution in [-0.2, 0) is 0 Å². The molecule has 0 saturated carbocycles. The Morgan fingerprint density at radius 2 is 2.15 bits per heavy atom. The molecule has 0 atom stereocenters. The van der Waals surface area contributed by atoms with E-state index in [0.717, 1.165) is 0 Å². The number of hydrogen-bond acceptors (Lipinski definition) is 8. The molecule has 11 heteroatoms. The number of aromatic amines is 1. The van der Waals surface area contributed by atoms with Gasteiger partial charge in [-0.25, -0.2) is 29.2 Å². The molecule has 4 rings (SSSR count). The zero-order valence-corrected chi connectivity index (χ0v) is 13.5. The minimum absolute atomic E-state index is 0.113. The molecule has 5 N–H and O–H groups in total. The first-order valence-electron chi connectivity index (χ1n) is 7.52. The molecule has 0 aliphatic carbocycles. The third-order valence-corrected chi connectivity index (χ3v) is 3.53. The summed E-state index contributed by atoms with van der Waals surface area (Å²) in [4.78, 5) is 30.7. The molecule has 4 aromatic rings. The molecular weight excluding hydrogens is 338 g/mol. The van der Waals surface area contributed by atoms with Crippen LogP contribution in [0.15, 0.2) is 30.6 Å². The topological polar surface area (TPSA) is 160 Å². The van der Waals surface area contributed by atoms with Crippen molar-refractivity contribution >= 4 is 29.2 Å². The summed E-state index contributed by atoms with van der Waals surface area (Å²) < 4.78 is 1.60. The molecular formula is C15H13N9O2. The Bertz CT molecular complexity index is 1110. The van der Waals surface area contributed by atoms with Crippen molar-refractivity contribution < 1.29 is 9.90 Å². The zero-order valence-electron chi connectivity index (χ0n) is 13.5. The Labute approximate surface area is 146 Å². The highest BCUT2D eigenvalue weighted by Gasteiger charge is 2.19. The normalized spacial score (nSPS) is 11.0. The molecule has 0 unspecified atom stereocenters. The summed E-state index contributed by atoms with van der Waals surface area (Å²) in [5.41, 5.74) is 7.37. The minimum atomic E-state index is -1.13. The van der Waals surface area contributed by atoms with Crippen LogP contribution < -0.4 is 11.1 Å². The highest BCUT2D eigenvalue weighted by molar-refractivity contribution is 5.86. The minimum Gasteiger partial charge on any atom is -0.476 e. The average molecular weight is 351 g/mol. The van der Waals surface area contributed by atoms with Crippen LogP contribution in [0.4, 0.5) is 17.6 Å². The lowest BCUT2D eigenvalue weighted by molar-refractivity contribution is 0.0691. The van der Waals surface area contributed by atoms with Gasteiger partial charge in [0.15, 0.2) is 17.2 Å². The highest BCUT2D eigenvalue weighted by atomic mass is 16.4. The number of imidazole rings is 2. The summed E-state index contributed by atoms with van der Waals surface area (Å²) in [6.45, 7) is 1.73. The number of nitrogens with zero attached hydrogens (tertiary/aromatic N) is 6. The van der Waals surface area contributed by atoms with Crippen molar-refractivity contribution in [3.63, 3.8) is 0 Å². The van der Waals surface area contributed by atoms with Crippen LogP contribution in [0.2, 0.25) is 0 Å². The quantitative estimate of drug-likeness (QED) is 0.424. The van der Waals surface area contributed by atoms with E-state index in [-0.39, 0.29) is 11.6 Å². The van der Waals surface area contributed by atoms with Gasteiger partial charge in [-0.2, -0.15) is 5.10 Å². The number of rotatable bonds is 4. The number of H-pyrrole nitrogens is 1. The first kappa shape index (κ1) is 15.5. The molecule has 0 aliphatic rings. The van der Waals surface area contributed by atoms with E-state index in [9.17, 15) is 4.79 Å². The van der Waals surface area contributed by atoms with E-state index in [4.69, 9.17) is 10.8 Å².